The fourth-order valence-corrected chi connectivity index (χ4v) is 7.74. The molecule has 1 heterocycles. The normalized spacial score (nSPS) is 13.6. The highest BCUT2D eigenvalue weighted by Crippen LogP contribution is 2.41. The summed E-state index contributed by atoms with van der Waals surface area (Å²) < 4.78 is 42.4. The summed E-state index contributed by atoms with van der Waals surface area (Å²) in [6.07, 6.45) is 0.677. The van der Waals surface area contributed by atoms with E-state index in [2.05, 4.69) is 49.9 Å². The van der Waals surface area contributed by atoms with Gasteiger partial charge in [-0.3, -0.25) is 9.59 Å². The van der Waals surface area contributed by atoms with E-state index in [0.717, 1.165) is 23.8 Å². The van der Waals surface area contributed by atoms with Gasteiger partial charge < -0.3 is 40.4 Å². The minimum Gasteiger partial charge on any atom is -0.464 e. The molecule has 0 bridgehead atoms. The van der Waals surface area contributed by atoms with Crippen LogP contribution in [0.1, 0.15) is 44.5 Å². The predicted molar refractivity (Wildman–Crippen MR) is 227 cm³/mol. The minimum atomic E-state index is -1.57. The summed E-state index contributed by atoms with van der Waals surface area (Å²) in [4.78, 5) is 55.3. The van der Waals surface area contributed by atoms with Crippen LogP contribution in [0.15, 0.2) is 60.8 Å². The Kier molecular flexibility index (Phi) is 17.4. The maximum atomic E-state index is 15.2. The SMILES string of the molecule is CC(C)(C)[C@H](c1cc(-c2cc(F)ccc2F)cn1Cc1ccccc1)N(CC[C@H](NC(=O)OCC[Si](C)(C)C)C(=O)N[C@H](CN)C(=O)OCC[Si](C)(C)C)C(=O)CO. The predicted octanol–water partition coefficient (Wildman–Crippen LogP) is 6.54. The third-order valence-electron chi connectivity index (χ3n) is 9.52. The zero-order valence-corrected chi connectivity index (χ0v) is 37.5. The number of nitrogens with one attached hydrogen (secondary N) is 2. The van der Waals surface area contributed by atoms with Gasteiger partial charge in [0.1, 0.15) is 30.3 Å². The van der Waals surface area contributed by atoms with Gasteiger partial charge in [0.05, 0.1) is 19.3 Å². The number of carbonyl (C=O) groups excluding carboxylic acids is 4. The Balaban J connectivity index is 2.05. The molecule has 3 aromatic rings. The smallest absolute Gasteiger partial charge is 0.407 e. The average molecular weight is 844 g/mol. The molecule has 0 aliphatic rings. The highest BCUT2D eigenvalue weighted by Gasteiger charge is 2.38. The molecule has 320 valence electrons. The summed E-state index contributed by atoms with van der Waals surface area (Å²) in [6, 6.07) is 12.5. The van der Waals surface area contributed by atoms with Gasteiger partial charge in [-0.25, -0.2) is 18.4 Å². The summed E-state index contributed by atoms with van der Waals surface area (Å²) in [5, 5.41) is 15.5. The van der Waals surface area contributed by atoms with Crippen LogP contribution in [0.3, 0.4) is 0 Å². The molecule has 0 spiro atoms. The van der Waals surface area contributed by atoms with E-state index in [0.29, 0.717) is 29.9 Å². The number of benzene rings is 2. The topological polar surface area (TPSA) is 165 Å². The molecular weight excluding hydrogens is 781 g/mol. The fraction of sp³-hybridized carbons (Fsp3) is 0.524. The number of hydrogen-bond donors (Lipinski definition) is 4. The van der Waals surface area contributed by atoms with Crippen LogP contribution in [-0.2, 0) is 30.4 Å². The number of nitrogens with zero attached hydrogens (tertiary/aromatic N) is 2. The number of aliphatic hydroxyl groups is 1. The standard InChI is InChI=1S/C42H63F2N5O7Si2/c1-42(2,3)38(36-23-30(32-24-31(43)15-16-33(32)44)27-48(36)26-29-13-11-10-12-14-29)49(37(51)28-50)18-17-34(47-41(54)56-20-22-58(7,8)9)39(52)46-35(25-45)40(53)55-19-21-57(4,5)6/h10-16,23-24,27,34-35,38,50H,17-22,25-26,28,45H2,1-9H3,(H,46,52)(H,47,54)/t34-,35+,38-/m0/s1. The lowest BCUT2D eigenvalue weighted by atomic mass is 9.82. The van der Waals surface area contributed by atoms with Crippen LogP contribution in [0.4, 0.5) is 13.6 Å². The number of ether oxygens (including phenoxy) is 2. The molecule has 0 saturated carbocycles. The number of aromatic nitrogens is 1. The Morgan fingerprint density at radius 2 is 1.50 bits per heavy atom. The van der Waals surface area contributed by atoms with Crippen molar-refractivity contribution in [3.8, 4) is 11.1 Å². The third kappa shape index (κ3) is 15.1. The van der Waals surface area contributed by atoms with Crippen molar-refractivity contribution in [1.29, 1.82) is 0 Å². The van der Waals surface area contributed by atoms with Gasteiger partial charge in [0.25, 0.3) is 0 Å². The second-order valence-electron chi connectivity index (χ2n) is 18.1. The van der Waals surface area contributed by atoms with Gasteiger partial charge in [-0.05, 0) is 53.8 Å². The Morgan fingerprint density at radius 1 is 0.879 bits per heavy atom. The monoisotopic (exact) mass is 843 g/mol. The highest BCUT2D eigenvalue weighted by atomic mass is 28.3. The Bertz CT molecular complexity index is 1840. The molecular formula is C42H63F2N5O7Si2. The highest BCUT2D eigenvalue weighted by molar-refractivity contribution is 6.76. The molecule has 0 saturated heterocycles. The maximum Gasteiger partial charge on any atom is 0.407 e. The van der Waals surface area contributed by atoms with Crippen LogP contribution >= 0.6 is 0 Å². The summed E-state index contributed by atoms with van der Waals surface area (Å²) in [6.45, 7) is 17.8. The zero-order valence-electron chi connectivity index (χ0n) is 35.5. The zero-order chi connectivity index (χ0) is 43.4. The number of amides is 3. The lowest BCUT2D eigenvalue weighted by Crippen LogP contribution is -2.55. The van der Waals surface area contributed by atoms with Crippen molar-refractivity contribution in [2.75, 3.05) is 32.9 Å². The Labute approximate surface area is 343 Å². The number of carbonyl (C=O) groups is 4. The maximum absolute atomic E-state index is 15.2. The molecule has 16 heteroatoms. The van der Waals surface area contributed by atoms with Gasteiger partial charge in [-0.15, -0.1) is 0 Å². The number of alkyl carbamates (subject to hydrolysis) is 1. The van der Waals surface area contributed by atoms with E-state index in [1.54, 1.807) is 12.3 Å². The van der Waals surface area contributed by atoms with E-state index in [-0.39, 0.29) is 38.3 Å². The molecule has 3 amide bonds. The van der Waals surface area contributed by atoms with E-state index in [1.807, 2.05) is 55.7 Å². The molecule has 3 rings (SSSR count). The molecule has 0 unspecified atom stereocenters. The van der Waals surface area contributed by atoms with E-state index in [9.17, 15) is 28.7 Å². The van der Waals surface area contributed by atoms with Crippen LogP contribution in [0.25, 0.3) is 11.1 Å². The number of halogens is 2. The molecule has 0 aliphatic carbocycles. The third-order valence-corrected chi connectivity index (χ3v) is 12.9. The van der Waals surface area contributed by atoms with Crippen LogP contribution < -0.4 is 16.4 Å². The molecule has 0 radical (unpaired) electrons. The van der Waals surface area contributed by atoms with Crippen LogP contribution in [0.2, 0.25) is 51.4 Å². The fourth-order valence-electron chi connectivity index (χ4n) is 6.32. The van der Waals surface area contributed by atoms with Crippen molar-refractivity contribution >= 4 is 40.0 Å². The number of nitrogens with two attached hydrogens (primary N) is 1. The van der Waals surface area contributed by atoms with Crippen molar-refractivity contribution in [1.82, 2.24) is 20.1 Å². The van der Waals surface area contributed by atoms with Gasteiger partial charge >= 0.3 is 12.1 Å². The summed E-state index contributed by atoms with van der Waals surface area (Å²) in [5.74, 6) is -3.38. The van der Waals surface area contributed by atoms with Gasteiger partial charge in [-0.2, -0.15) is 0 Å². The minimum absolute atomic E-state index is 0.0304. The van der Waals surface area contributed by atoms with Crippen LogP contribution in [0, 0.1) is 17.0 Å². The van der Waals surface area contributed by atoms with Gasteiger partial charge in [-0.1, -0.05) is 90.4 Å². The van der Waals surface area contributed by atoms with E-state index >= 15 is 4.39 Å². The van der Waals surface area contributed by atoms with Crippen molar-refractivity contribution in [2.45, 2.75) is 103 Å². The number of aliphatic hydroxyl groups excluding tert-OH is 1. The molecule has 3 atom stereocenters. The van der Waals surface area contributed by atoms with Crippen LogP contribution in [0.5, 0.6) is 0 Å². The van der Waals surface area contributed by atoms with E-state index < -0.39 is 81.8 Å². The van der Waals surface area contributed by atoms with Crippen molar-refractivity contribution < 1.29 is 42.5 Å². The lowest BCUT2D eigenvalue weighted by Gasteiger charge is -2.41. The summed E-state index contributed by atoms with van der Waals surface area (Å²) in [5.41, 5.74) is 7.04. The second kappa shape index (κ2) is 21.0. The first-order chi connectivity index (χ1) is 27.0. The Morgan fingerprint density at radius 3 is 2.07 bits per heavy atom. The van der Waals surface area contributed by atoms with Crippen molar-refractivity contribution in [3.05, 3.63) is 83.7 Å². The molecule has 12 nitrogen and oxygen atoms in total. The van der Waals surface area contributed by atoms with Crippen molar-refractivity contribution in [2.24, 2.45) is 11.1 Å². The molecule has 58 heavy (non-hydrogen) atoms. The lowest BCUT2D eigenvalue weighted by molar-refractivity contribution is -0.147. The number of rotatable bonds is 20. The van der Waals surface area contributed by atoms with Gasteiger partial charge in [0.2, 0.25) is 11.8 Å². The first-order valence-corrected chi connectivity index (χ1v) is 27.1. The summed E-state index contributed by atoms with van der Waals surface area (Å²) in [7, 11) is -3.09. The van der Waals surface area contributed by atoms with Gasteiger partial charge in [0.15, 0.2) is 0 Å². The molecule has 0 fully saturated rings. The average Bonchev–Trinajstić information content (AvgIpc) is 3.52. The second-order valence-corrected chi connectivity index (χ2v) is 29.4. The molecule has 5 N–H and O–H groups in total. The molecule has 0 aliphatic heterocycles. The number of esters is 1. The quantitative estimate of drug-likeness (QED) is 0.0736. The first kappa shape index (κ1) is 48.0. The van der Waals surface area contributed by atoms with Gasteiger partial charge in [0, 0.05) is 58.8 Å². The number of hydrogen-bond acceptors (Lipinski definition) is 8. The van der Waals surface area contributed by atoms with E-state index in [1.165, 1.54) is 4.90 Å². The first-order valence-electron chi connectivity index (χ1n) is 19.7. The Hall–Kier alpha value is -4.39. The van der Waals surface area contributed by atoms with Crippen LogP contribution in [-0.4, -0.2) is 99.6 Å². The van der Waals surface area contributed by atoms with Crippen molar-refractivity contribution in [3.63, 3.8) is 0 Å². The molecule has 2 aromatic carbocycles. The summed E-state index contributed by atoms with van der Waals surface area (Å²) >= 11 is 0. The molecule has 1 aromatic heterocycles. The largest absolute Gasteiger partial charge is 0.464 e. The van der Waals surface area contributed by atoms with E-state index in [4.69, 9.17) is 15.2 Å².